The maximum atomic E-state index is 13.3. The number of ether oxygens (including phenoxy) is 1. The molecule has 0 spiro atoms. The van der Waals surface area contributed by atoms with Crippen molar-refractivity contribution in [1.82, 2.24) is 0 Å². The van der Waals surface area contributed by atoms with Gasteiger partial charge in [-0.05, 0) is 13.0 Å². The van der Waals surface area contributed by atoms with Crippen molar-refractivity contribution < 1.29 is 9.13 Å². The van der Waals surface area contributed by atoms with E-state index < -0.39 is 5.82 Å². The van der Waals surface area contributed by atoms with Crippen LogP contribution in [0.25, 0.3) is 0 Å². The monoisotopic (exact) mass is 194 g/mol. The molecular formula is C10H11FN2O. The summed E-state index contributed by atoms with van der Waals surface area (Å²) in [5.74, 6) is -0.0658. The van der Waals surface area contributed by atoms with Crippen LogP contribution < -0.4 is 10.5 Å². The second-order valence-corrected chi connectivity index (χ2v) is 2.92. The predicted molar refractivity (Wildman–Crippen MR) is 50.1 cm³/mol. The van der Waals surface area contributed by atoms with E-state index in [4.69, 9.17) is 15.7 Å². The number of halogens is 1. The molecule has 4 heteroatoms. The molecule has 0 unspecified atom stereocenters. The van der Waals surface area contributed by atoms with Crippen LogP contribution in [0, 0.1) is 17.1 Å². The average molecular weight is 194 g/mol. The van der Waals surface area contributed by atoms with Gasteiger partial charge in [0.05, 0.1) is 0 Å². The van der Waals surface area contributed by atoms with E-state index in [0.29, 0.717) is 11.3 Å². The molecule has 0 radical (unpaired) electrons. The minimum Gasteiger partial charge on any atom is -0.479 e. The molecule has 0 bridgehead atoms. The molecule has 2 N–H and O–H groups in total. The van der Waals surface area contributed by atoms with E-state index in [9.17, 15) is 4.39 Å². The largest absolute Gasteiger partial charge is 0.479 e. The van der Waals surface area contributed by atoms with Crippen LogP contribution >= 0.6 is 0 Å². The van der Waals surface area contributed by atoms with Crippen molar-refractivity contribution in [3.05, 3.63) is 29.6 Å². The first-order valence-electron chi connectivity index (χ1n) is 4.20. The Bertz CT molecular complexity index is 358. The van der Waals surface area contributed by atoms with Crippen LogP contribution in [-0.4, -0.2) is 6.61 Å². The number of hydrogen-bond donors (Lipinski definition) is 1. The maximum absolute atomic E-state index is 13.3. The van der Waals surface area contributed by atoms with Crippen LogP contribution in [0.5, 0.6) is 5.75 Å². The molecule has 0 aromatic heterocycles. The normalized spacial score (nSPS) is 11.9. The lowest BCUT2D eigenvalue weighted by atomic mass is 10.1. The van der Waals surface area contributed by atoms with E-state index in [1.54, 1.807) is 25.1 Å². The number of benzene rings is 1. The minimum absolute atomic E-state index is 0.0863. The van der Waals surface area contributed by atoms with Crippen molar-refractivity contribution in [3.63, 3.8) is 0 Å². The van der Waals surface area contributed by atoms with Gasteiger partial charge in [-0.2, -0.15) is 5.26 Å². The SMILES string of the molecule is C[C@@H](N)c1ccc(OCC#N)cc1F. The van der Waals surface area contributed by atoms with Gasteiger partial charge in [-0.15, -0.1) is 0 Å². The van der Waals surface area contributed by atoms with Crippen molar-refractivity contribution >= 4 is 0 Å². The summed E-state index contributed by atoms with van der Waals surface area (Å²) in [4.78, 5) is 0. The van der Waals surface area contributed by atoms with Gasteiger partial charge >= 0.3 is 0 Å². The van der Waals surface area contributed by atoms with Gasteiger partial charge in [-0.25, -0.2) is 4.39 Å². The molecule has 1 aromatic carbocycles. The summed E-state index contributed by atoms with van der Waals surface area (Å²) < 4.78 is 18.2. The Kier molecular flexibility index (Phi) is 3.43. The second kappa shape index (κ2) is 4.58. The van der Waals surface area contributed by atoms with Gasteiger partial charge in [-0.1, -0.05) is 6.07 Å². The van der Waals surface area contributed by atoms with Crippen molar-refractivity contribution in [2.45, 2.75) is 13.0 Å². The molecule has 0 saturated carbocycles. The minimum atomic E-state index is -0.407. The topological polar surface area (TPSA) is 59.0 Å². The molecule has 1 rings (SSSR count). The van der Waals surface area contributed by atoms with E-state index in [1.807, 2.05) is 0 Å². The first-order chi connectivity index (χ1) is 6.65. The fourth-order valence-corrected chi connectivity index (χ4v) is 1.08. The van der Waals surface area contributed by atoms with Gasteiger partial charge in [0.1, 0.15) is 17.6 Å². The molecule has 0 aliphatic rings. The molecule has 3 nitrogen and oxygen atoms in total. The number of nitriles is 1. The Morgan fingerprint density at radius 3 is 2.86 bits per heavy atom. The molecule has 74 valence electrons. The van der Waals surface area contributed by atoms with Crippen LogP contribution in [-0.2, 0) is 0 Å². The average Bonchev–Trinajstić information content (AvgIpc) is 2.14. The summed E-state index contributed by atoms with van der Waals surface area (Å²) in [5.41, 5.74) is 5.97. The zero-order valence-electron chi connectivity index (χ0n) is 7.83. The molecule has 0 aliphatic heterocycles. The first-order valence-corrected chi connectivity index (χ1v) is 4.20. The molecule has 0 heterocycles. The van der Waals surface area contributed by atoms with Crippen LogP contribution in [0.15, 0.2) is 18.2 Å². The van der Waals surface area contributed by atoms with E-state index in [2.05, 4.69) is 0 Å². The van der Waals surface area contributed by atoms with Crippen molar-refractivity contribution in [1.29, 1.82) is 5.26 Å². The van der Waals surface area contributed by atoms with Gasteiger partial charge < -0.3 is 10.5 Å². The highest BCUT2D eigenvalue weighted by Crippen LogP contribution is 2.20. The second-order valence-electron chi connectivity index (χ2n) is 2.92. The number of rotatable bonds is 3. The molecule has 0 saturated heterocycles. The Morgan fingerprint density at radius 1 is 1.64 bits per heavy atom. The summed E-state index contributed by atoms with van der Waals surface area (Å²) in [6.45, 7) is 1.62. The van der Waals surface area contributed by atoms with Crippen LogP contribution in [0.2, 0.25) is 0 Å². The number of nitrogens with two attached hydrogens (primary N) is 1. The number of nitrogens with zero attached hydrogens (tertiary/aromatic N) is 1. The lowest BCUT2D eigenvalue weighted by Crippen LogP contribution is -2.07. The predicted octanol–water partition coefficient (Wildman–Crippen LogP) is 1.75. The van der Waals surface area contributed by atoms with E-state index in [-0.39, 0.29) is 12.6 Å². The summed E-state index contributed by atoms with van der Waals surface area (Å²) in [7, 11) is 0. The summed E-state index contributed by atoms with van der Waals surface area (Å²) in [6.07, 6.45) is 0. The van der Waals surface area contributed by atoms with Gasteiger partial charge in [0, 0.05) is 17.7 Å². The fourth-order valence-electron chi connectivity index (χ4n) is 1.08. The van der Waals surface area contributed by atoms with Crippen molar-refractivity contribution in [2.24, 2.45) is 5.73 Å². The highest BCUT2D eigenvalue weighted by Gasteiger charge is 2.07. The van der Waals surface area contributed by atoms with Crippen molar-refractivity contribution in [3.8, 4) is 11.8 Å². The molecule has 1 atom stereocenters. The molecule has 0 amide bonds. The van der Waals surface area contributed by atoms with E-state index >= 15 is 0 Å². The molecule has 0 aliphatic carbocycles. The van der Waals surface area contributed by atoms with E-state index in [1.165, 1.54) is 6.07 Å². The molecular weight excluding hydrogens is 183 g/mol. The van der Waals surface area contributed by atoms with E-state index in [0.717, 1.165) is 0 Å². The third-order valence-corrected chi connectivity index (χ3v) is 1.77. The highest BCUT2D eigenvalue weighted by molar-refractivity contribution is 5.30. The summed E-state index contributed by atoms with van der Waals surface area (Å²) in [5, 5.41) is 8.25. The van der Waals surface area contributed by atoms with Crippen molar-refractivity contribution in [2.75, 3.05) is 6.61 Å². The molecule has 14 heavy (non-hydrogen) atoms. The zero-order chi connectivity index (χ0) is 10.6. The lowest BCUT2D eigenvalue weighted by Gasteiger charge is -2.08. The fraction of sp³-hybridized carbons (Fsp3) is 0.300. The Balaban J connectivity index is 2.85. The summed E-state index contributed by atoms with van der Waals surface area (Å²) >= 11 is 0. The Labute approximate surface area is 81.9 Å². The number of hydrogen-bond acceptors (Lipinski definition) is 3. The quantitative estimate of drug-likeness (QED) is 0.797. The Morgan fingerprint density at radius 2 is 2.36 bits per heavy atom. The summed E-state index contributed by atoms with van der Waals surface area (Å²) in [6, 6.07) is 5.85. The molecule has 0 fully saturated rings. The van der Waals surface area contributed by atoms with Gasteiger partial charge in [0.15, 0.2) is 6.61 Å². The van der Waals surface area contributed by atoms with Gasteiger partial charge in [0.25, 0.3) is 0 Å². The third kappa shape index (κ3) is 2.44. The van der Waals surface area contributed by atoms with Gasteiger partial charge in [0.2, 0.25) is 0 Å². The van der Waals surface area contributed by atoms with Crippen LogP contribution in [0.3, 0.4) is 0 Å². The zero-order valence-corrected chi connectivity index (χ0v) is 7.83. The lowest BCUT2D eigenvalue weighted by molar-refractivity contribution is 0.365. The standard InChI is InChI=1S/C10H11FN2O/c1-7(13)9-3-2-8(6-10(9)11)14-5-4-12/h2-3,6-7H,5,13H2,1H3/t7-/m1/s1. The van der Waals surface area contributed by atoms with Crippen LogP contribution in [0.4, 0.5) is 4.39 Å². The van der Waals surface area contributed by atoms with Crippen LogP contribution in [0.1, 0.15) is 18.5 Å². The van der Waals surface area contributed by atoms with Gasteiger partial charge in [-0.3, -0.25) is 0 Å². The highest BCUT2D eigenvalue weighted by atomic mass is 19.1. The smallest absolute Gasteiger partial charge is 0.174 e. The molecule has 1 aromatic rings. The third-order valence-electron chi connectivity index (χ3n) is 1.77. The Hall–Kier alpha value is -1.60. The first kappa shape index (κ1) is 10.5. The maximum Gasteiger partial charge on any atom is 0.174 e.